The topological polar surface area (TPSA) is 91.4 Å². The number of nitrogens with one attached hydrogen (secondary N) is 2. The maximum absolute atomic E-state index is 12.8. The van der Waals surface area contributed by atoms with Gasteiger partial charge < -0.3 is 10.6 Å². The highest BCUT2D eigenvalue weighted by molar-refractivity contribution is 7.07. The fourth-order valence-electron chi connectivity index (χ4n) is 2.99. The van der Waals surface area contributed by atoms with E-state index in [4.69, 9.17) is 0 Å². The van der Waals surface area contributed by atoms with Crippen molar-refractivity contribution in [2.45, 2.75) is 44.8 Å². The summed E-state index contributed by atoms with van der Waals surface area (Å²) in [5.41, 5.74) is 0.796. The summed E-state index contributed by atoms with van der Waals surface area (Å²) in [4.78, 5) is 42.8. The predicted octanol–water partition coefficient (Wildman–Crippen LogP) is 2.26. The highest BCUT2D eigenvalue weighted by atomic mass is 32.1. The van der Waals surface area contributed by atoms with Crippen LogP contribution in [-0.2, 0) is 16.0 Å². The third kappa shape index (κ3) is 4.00. The normalized spacial score (nSPS) is 18.1. The van der Waals surface area contributed by atoms with Gasteiger partial charge in [0, 0.05) is 6.20 Å². The molecule has 8 heteroatoms. The van der Waals surface area contributed by atoms with Crippen molar-refractivity contribution in [2.75, 3.05) is 0 Å². The van der Waals surface area contributed by atoms with Crippen molar-refractivity contribution >= 4 is 29.2 Å². The van der Waals surface area contributed by atoms with Crippen LogP contribution in [0.1, 0.15) is 38.1 Å². The van der Waals surface area contributed by atoms with Gasteiger partial charge in [-0.05, 0) is 61.7 Å². The SMILES string of the molecule is C[C@@H](C(=O)N[C@@H](Cc1ccsc1)c1ccccn1)N1C(=O)NC(C)(C)C1=O. The molecule has 0 spiro atoms. The van der Waals surface area contributed by atoms with E-state index in [0.29, 0.717) is 6.42 Å². The average Bonchev–Trinajstić information content (AvgIpc) is 3.20. The first-order chi connectivity index (χ1) is 12.8. The number of carbonyl (C=O) groups excluding carboxylic acids is 3. The molecule has 0 aliphatic carbocycles. The van der Waals surface area contributed by atoms with Crippen LogP contribution in [0.2, 0.25) is 0 Å². The fraction of sp³-hybridized carbons (Fsp3) is 0.368. The van der Waals surface area contributed by atoms with Crippen molar-refractivity contribution in [2.24, 2.45) is 0 Å². The monoisotopic (exact) mass is 386 g/mol. The molecule has 7 nitrogen and oxygen atoms in total. The van der Waals surface area contributed by atoms with Crippen LogP contribution in [0.5, 0.6) is 0 Å². The minimum Gasteiger partial charge on any atom is -0.346 e. The van der Waals surface area contributed by atoms with Crippen LogP contribution in [0, 0.1) is 0 Å². The fourth-order valence-corrected chi connectivity index (χ4v) is 3.67. The van der Waals surface area contributed by atoms with Gasteiger partial charge in [-0.25, -0.2) is 9.69 Å². The van der Waals surface area contributed by atoms with Crippen LogP contribution in [-0.4, -0.2) is 39.3 Å². The zero-order chi connectivity index (χ0) is 19.6. The van der Waals surface area contributed by atoms with E-state index in [1.807, 2.05) is 35.0 Å². The Labute approximate surface area is 161 Å². The number of rotatable bonds is 6. The Bertz CT molecular complexity index is 836. The van der Waals surface area contributed by atoms with Crippen molar-refractivity contribution in [3.8, 4) is 0 Å². The number of aromatic nitrogens is 1. The van der Waals surface area contributed by atoms with Crippen molar-refractivity contribution in [3.05, 3.63) is 52.5 Å². The van der Waals surface area contributed by atoms with E-state index in [1.54, 1.807) is 38.3 Å². The minimum atomic E-state index is -1.01. The van der Waals surface area contributed by atoms with E-state index in [9.17, 15) is 14.4 Å². The molecule has 4 amide bonds. The molecule has 0 radical (unpaired) electrons. The van der Waals surface area contributed by atoms with Gasteiger partial charge in [0.2, 0.25) is 5.91 Å². The molecule has 27 heavy (non-hydrogen) atoms. The van der Waals surface area contributed by atoms with Gasteiger partial charge in [-0.15, -0.1) is 0 Å². The smallest absolute Gasteiger partial charge is 0.325 e. The zero-order valence-electron chi connectivity index (χ0n) is 15.4. The number of amides is 4. The Morgan fingerprint density at radius 2 is 2.11 bits per heavy atom. The summed E-state index contributed by atoms with van der Waals surface area (Å²) in [6.45, 7) is 4.78. The molecule has 142 valence electrons. The molecule has 0 aromatic carbocycles. The van der Waals surface area contributed by atoms with E-state index in [-0.39, 0.29) is 6.04 Å². The van der Waals surface area contributed by atoms with Crippen LogP contribution >= 0.6 is 11.3 Å². The highest BCUT2D eigenvalue weighted by Crippen LogP contribution is 2.22. The first kappa shape index (κ1) is 19.0. The highest BCUT2D eigenvalue weighted by Gasteiger charge is 2.48. The molecular formula is C19H22N4O3S. The number of thiophene rings is 1. The van der Waals surface area contributed by atoms with Crippen LogP contribution < -0.4 is 10.6 Å². The lowest BCUT2D eigenvalue weighted by molar-refractivity contribution is -0.137. The Balaban J connectivity index is 1.78. The molecule has 3 rings (SSSR count). The van der Waals surface area contributed by atoms with Gasteiger partial charge in [-0.3, -0.25) is 14.6 Å². The first-order valence-electron chi connectivity index (χ1n) is 8.68. The van der Waals surface area contributed by atoms with E-state index in [0.717, 1.165) is 16.2 Å². The van der Waals surface area contributed by atoms with E-state index >= 15 is 0 Å². The molecule has 1 fully saturated rings. The molecule has 2 atom stereocenters. The van der Waals surface area contributed by atoms with Crippen molar-refractivity contribution in [1.82, 2.24) is 20.5 Å². The lowest BCUT2D eigenvalue weighted by Gasteiger charge is -2.25. The first-order valence-corrected chi connectivity index (χ1v) is 9.62. The Hall–Kier alpha value is -2.74. The predicted molar refractivity (Wildman–Crippen MR) is 102 cm³/mol. The molecule has 1 saturated heterocycles. The molecular weight excluding hydrogens is 364 g/mol. The molecule has 1 aliphatic rings. The summed E-state index contributed by atoms with van der Waals surface area (Å²) in [6, 6.07) is 5.68. The number of pyridine rings is 1. The lowest BCUT2D eigenvalue weighted by atomic mass is 10.0. The maximum Gasteiger partial charge on any atom is 0.325 e. The summed E-state index contributed by atoms with van der Waals surface area (Å²) >= 11 is 1.58. The van der Waals surface area contributed by atoms with Gasteiger partial charge in [0.05, 0.1) is 11.7 Å². The minimum absolute atomic E-state index is 0.357. The van der Waals surface area contributed by atoms with E-state index in [2.05, 4.69) is 15.6 Å². The van der Waals surface area contributed by atoms with Gasteiger partial charge in [0.25, 0.3) is 5.91 Å². The summed E-state index contributed by atoms with van der Waals surface area (Å²) in [6.07, 6.45) is 2.25. The number of nitrogens with zero attached hydrogens (tertiary/aromatic N) is 2. The molecule has 2 aromatic heterocycles. The third-order valence-electron chi connectivity index (χ3n) is 4.54. The van der Waals surface area contributed by atoms with E-state index in [1.165, 1.54) is 0 Å². The number of urea groups is 1. The number of imide groups is 1. The summed E-state index contributed by atoms with van der Waals surface area (Å²) in [7, 11) is 0. The Morgan fingerprint density at radius 1 is 1.33 bits per heavy atom. The Morgan fingerprint density at radius 3 is 2.67 bits per heavy atom. The lowest BCUT2D eigenvalue weighted by Crippen LogP contribution is -2.50. The van der Waals surface area contributed by atoms with Crippen LogP contribution in [0.15, 0.2) is 41.2 Å². The van der Waals surface area contributed by atoms with Crippen molar-refractivity contribution in [3.63, 3.8) is 0 Å². The second kappa shape index (κ2) is 7.48. The van der Waals surface area contributed by atoms with Gasteiger partial charge >= 0.3 is 6.03 Å². The summed E-state index contributed by atoms with van der Waals surface area (Å²) in [5.74, 6) is -0.815. The quantitative estimate of drug-likeness (QED) is 0.745. The van der Waals surface area contributed by atoms with Gasteiger partial charge in [-0.1, -0.05) is 6.07 Å². The van der Waals surface area contributed by atoms with Crippen LogP contribution in [0.3, 0.4) is 0 Å². The van der Waals surface area contributed by atoms with Crippen LogP contribution in [0.25, 0.3) is 0 Å². The van der Waals surface area contributed by atoms with E-state index < -0.39 is 29.4 Å². The molecule has 1 aliphatic heterocycles. The molecule has 2 aromatic rings. The largest absolute Gasteiger partial charge is 0.346 e. The van der Waals surface area contributed by atoms with Gasteiger partial charge in [-0.2, -0.15) is 11.3 Å². The molecule has 0 bridgehead atoms. The van der Waals surface area contributed by atoms with Crippen molar-refractivity contribution < 1.29 is 14.4 Å². The Kier molecular flexibility index (Phi) is 5.27. The summed E-state index contributed by atoms with van der Waals surface area (Å²) in [5, 5.41) is 9.54. The molecule has 3 heterocycles. The van der Waals surface area contributed by atoms with Crippen LogP contribution in [0.4, 0.5) is 4.79 Å². The zero-order valence-corrected chi connectivity index (χ0v) is 16.2. The maximum atomic E-state index is 12.8. The third-order valence-corrected chi connectivity index (χ3v) is 5.27. The van der Waals surface area contributed by atoms with Gasteiger partial charge in [0.15, 0.2) is 0 Å². The number of hydrogen-bond donors (Lipinski definition) is 2. The second-order valence-electron chi connectivity index (χ2n) is 7.06. The molecule has 2 N–H and O–H groups in total. The van der Waals surface area contributed by atoms with Crippen molar-refractivity contribution in [1.29, 1.82) is 0 Å². The molecule has 0 saturated carbocycles. The molecule has 0 unspecified atom stereocenters. The number of carbonyl (C=O) groups is 3. The summed E-state index contributed by atoms with van der Waals surface area (Å²) < 4.78 is 0. The second-order valence-corrected chi connectivity index (χ2v) is 7.84. The number of hydrogen-bond acceptors (Lipinski definition) is 5. The van der Waals surface area contributed by atoms with Gasteiger partial charge in [0.1, 0.15) is 11.6 Å². The standard InChI is InChI=1S/C19H22N4O3S/c1-12(23-17(25)19(2,3)22-18(23)26)16(24)21-15(10-13-7-9-27-11-13)14-6-4-5-8-20-14/h4-9,11-12,15H,10H2,1-3H3,(H,21,24)(H,22,26)/t12-,15-/m0/s1. The average molecular weight is 386 g/mol.